The van der Waals surface area contributed by atoms with E-state index in [9.17, 15) is 17.6 Å². The van der Waals surface area contributed by atoms with Crippen LogP contribution in [0, 0.1) is 5.82 Å². The molecule has 0 aromatic heterocycles. The Labute approximate surface area is 165 Å². The highest BCUT2D eigenvalue weighted by Crippen LogP contribution is 2.27. The van der Waals surface area contributed by atoms with E-state index in [1.54, 1.807) is 28.6 Å². The van der Waals surface area contributed by atoms with Crippen LogP contribution in [0.1, 0.15) is 38.2 Å². The Morgan fingerprint density at radius 1 is 1.11 bits per heavy atom. The fraction of sp³-hybridized carbons (Fsp3) is 0.381. The van der Waals surface area contributed by atoms with Gasteiger partial charge in [0.1, 0.15) is 5.82 Å². The number of hydrogen-bond acceptors (Lipinski definition) is 3. The fourth-order valence-corrected chi connectivity index (χ4v) is 5.30. The van der Waals surface area contributed by atoms with E-state index in [4.69, 9.17) is 0 Å². The largest absolute Gasteiger partial charge is 0.326 e. The standard InChI is InChI=1S/C21H25FN2O3S/c1-2-19-5-3-4-14-24(19)28(26,27)20-12-10-18(11-13-20)23-21(25)15-16-6-8-17(22)9-7-16/h6-13,19H,2-5,14-15H2,1H3,(H,23,25). The number of anilines is 1. The van der Waals surface area contributed by atoms with E-state index in [0.29, 0.717) is 17.8 Å². The maximum Gasteiger partial charge on any atom is 0.243 e. The highest BCUT2D eigenvalue weighted by atomic mass is 32.2. The average molecular weight is 405 g/mol. The molecule has 1 N–H and O–H groups in total. The highest BCUT2D eigenvalue weighted by Gasteiger charge is 2.32. The van der Waals surface area contributed by atoms with Crippen LogP contribution in [0.15, 0.2) is 53.4 Å². The molecule has 0 aliphatic carbocycles. The number of carbonyl (C=O) groups is 1. The molecule has 3 rings (SSSR count). The summed E-state index contributed by atoms with van der Waals surface area (Å²) in [4.78, 5) is 12.4. The van der Waals surface area contributed by atoms with Crippen molar-refractivity contribution in [2.75, 3.05) is 11.9 Å². The number of amides is 1. The molecule has 1 unspecified atom stereocenters. The van der Waals surface area contributed by atoms with Crippen LogP contribution in [0.3, 0.4) is 0 Å². The fourth-order valence-electron chi connectivity index (χ4n) is 3.54. The smallest absolute Gasteiger partial charge is 0.243 e. The zero-order valence-corrected chi connectivity index (χ0v) is 16.7. The Hall–Kier alpha value is -2.25. The van der Waals surface area contributed by atoms with E-state index in [0.717, 1.165) is 25.7 Å². The first-order valence-electron chi connectivity index (χ1n) is 9.56. The molecule has 1 aliphatic rings. The lowest BCUT2D eigenvalue weighted by atomic mass is 10.0. The van der Waals surface area contributed by atoms with E-state index in [1.165, 1.54) is 24.3 Å². The van der Waals surface area contributed by atoms with Gasteiger partial charge in [-0.2, -0.15) is 4.31 Å². The lowest BCUT2D eigenvalue weighted by Gasteiger charge is -2.34. The van der Waals surface area contributed by atoms with E-state index >= 15 is 0 Å². The Morgan fingerprint density at radius 2 is 1.79 bits per heavy atom. The molecular formula is C21H25FN2O3S. The van der Waals surface area contributed by atoms with E-state index in [2.05, 4.69) is 5.32 Å². The number of nitrogens with one attached hydrogen (secondary N) is 1. The summed E-state index contributed by atoms with van der Waals surface area (Å²) in [6, 6.07) is 12.1. The number of halogens is 1. The van der Waals surface area contributed by atoms with Crippen molar-refractivity contribution in [1.29, 1.82) is 0 Å². The Bertz CT molecular complexity index is 912. The van der Waals surface area contributed by atoms with Crippen LogP contribution in [0.4, 0.5) is 10.1 Å². The van der Waals surface area contributed by atoms with Gasteiger partial charge in [0.25, 0.3) is 0 Å². The number of piperidine rings is 1. The number of sulfonamides is 1. The predicted octanol–water partition coefficient (Wildman–Crippen LogP) is 3.96. The van der Waals surface area contributed by atoms with Crippen LogP contribution < -0.4 is 5.32 Å². The second kappa shape index (κ2) is 8.84. The quantitative estimate of drug-likeness (QED) is 0.792. The number of nitrogens with zero attached hydrogens (tertiary/aromatic N) is 1. The van der Waals surface area contributed by atoms with Crippen LogP contribution in [0.5, 0.6) is 0 Å². The maximum absolute atomic E-state index is 13.0. The van der Waals surface area contributed by atoms with Crippen molar-refractivity contribution < 1.29 is 17.6 Å². The van der Waals surface area contributed by atoms with Crippen LogP contribution >= 0.6 is 0 Å². The lowest BCUT2D eigenvalue weighted by molar-refractivity contribution is -0.115. The zero-order valence-electron chi connectivity index (χ0n) is 15.9. The Balaban J connectivity index is 1.67. The predicted molar refractivity (Wildman–Crippen MR) is 107 cm³/mol. The third-order valence-corrected chi connectivity index (χ3v) is 7.03. The monoisotopic (exact) mass is 404 g/mol. The summed E-state index contributed by atoms with van der Waals surface area (Å²) in [5.74, 6) is -0.593. The highest BCUT2D eigenvalue weighted by molar-refractivity contribution is 7.89. The topological polar surface area (TPSA) is 66.5 Å². The minimum Gasteiger partial charge on any atom is -0.326 e. The molecule has 150 valence electrons. The van der Waals surface area contributed by atoms with Gasteiger partial charge in [0.2, 0.25) is 15.9 Å². The summed E-state index contributed by atoms with van der Waals surface area (Å²) in [6.07, 6.45) is 3.76. The molecule has 2 aromatic rings. The first-order valence-corrected chi connectivity index (χ1v) is 11.0. The summed E-state index contributed by atoms with van der Waals surface area (Å²) in [5.41, 5.74) is 1.23. The third-order valence-electron chi connectivity index (χ3n) is 5.07. The van der Waals surface area contributed by atoms with Crippen molar-refractivity contribution in [3.63, 3.8) is 0 Å². The minimum atomic E-state index is -3.54. The molecule has 1 aliphatic heterocycles. The second-order valence-electron chi connectivity index (χ2n) is 7.05. The zero-order chi connectivity index (χ0) is 20.1. The van der Waals surface area contributed by atoms with Crippen molar-refractivity contribution in [1.82, 2.24) is 4.31 Å². The van der Waals surface area contributed by atoms with Crippen molar-refractivity contribution >= 4 is 21.6 Å². The molecule has 0 radical (unpaired) electrons. The van der Waals surface area contributed by atoms with Crippen molar-refractivity contribution in [3.8, 4) is 0 Å². The minimum absolute atomic E-state index is 0.0499. The molecule has 7 heteroatoms. The second-order valence-corrected chi connectivity index (χ2v) is 8.94. The molecule has 5 nitrogen and oxygen atoms in total. The van der Waals surface area contributed by atoms with Gasteiger partial charge in [-0.25, -0.2) is 12.8 Å². The van der Waals surface area contributed by atoms with Crippen molar-refractivity contribution in [3.05, 3.63) is 59.9 Å². The SMILES string of the molecule is CCC1CCCCN1S(=O)(=O)c1ccc(NC(=O)Cc2ccc(F)cc2)cc1. The molecular weight excluding hydrogens is 379 g/mol. The lowest BCUT2D eigenvalue weighted by Crippen LogP contribution is -2.43. The molecule has 0 bridgehead atoms. The maximum atomic E-state index is 13.0. The molecule has 1 heterocycles. The third kappa shape index (κ3) is 4.77. The van der Waals surface area contributed by atoms with Gasteiger partial charge in [-0.05, 0) is 61.2 Å². The van der Waals surface area contributed by atoms with Crippen LogP contribution in [0.25, 0.3) is 0 Å². The normalized spacial score (nSPS) is 18.0. The average Bonchev–Trinajstić information content (AvgIpc) is 2.70. The van der Waals surface area contributed by atoms with Gasteiger partial charge in [-0.3, -0.25) is 4.79 Å². The van der Waals surface area contributed by atoms with Crippen LogP contribution in [0.2, 0.25) is 0 Å². The molecule has 0 saturated carbocycles. The van der Waals surface area contributed by atoms with Gasteiger partial charge in [0.15, 0.2) is 0 Å². The van der Waals surface area contributed by atoms with Gasteiger partial charge in [0, 0.05) is 18.3 Å². The first-order chi connectivity index (χ1) is 13.4. The van der Waals surface area contributed by atoms with E-state index in [1.807, 2.05) is 6.92 Å². The summed E-state index contributed by atoms with van der Waals surface area (Å²) in [6.45, 7) is 2.56. The number of rotatable bonds is 6. The molecule has 28 heavy (non-hydrogen) atoms. The summed E-state index contributed by atoms with van der Waals surface area (Å²) >= 11 is 0. The summed E-state index contributed by atoms with van der Waals surface area (Å²) < 4.78 is 40.5. The van der Waals surface area contributed by atoms with Gasteiger partial charge in [0.05, 0.1) is 11.3 Å². The molecule has 1 atom stereocenters. The molecule has 0 spiro atoms. The Kier molecular flexibility index (Phi) is 6.46. The first kappa shape index (κ1) is 20.5. The van der Waals surface area contributed by atoms with Crippen LogP contribution in [-0.2, 0) is 21.2 Å². The van der Waals surface area contributed by atoms with E-state index in [-0.39, 0.29) is 29.1 Å². The van der Waals surface area contributed by atoms with Gasteiger partial charge >= 0.3 is 0 Å². The van der Waals surface area contributed by atoms with Gasteiger partial charge < -0.3 is 5.32 Å². The molecule has 1 saturated heterocycles. The molecule has 2 aromatic carbocycles. The van der Waals surface area contributed by atoms with Gasteiger partial charge in [-0.15, -0.1) is 0 Å². The summed E-state index contributed by atoms with van der Waals surface area (Å²) in [7, 11) is -3.54. The summed E-state index contributed by atoms with van der Waals surface area (Å²) in [5, 5.41) is 2.74. The van der Waals surface area contributed by atoms with E-state index < -0.39 is 10.0 Å². The molecule has 1 fully saturated rings. The van der Waals surface area contributed by atoms with Crippen LogP contribution in [-0.4, -0.2) is 31.2 Å². The van der Waals surface area contributed by atoms with Crippen molar-refractivity contribution in [2.45, 2.75) is 50.0 Å². The molecule has 1 amide bonds. The van der Waals surface area contributed by atoms with Gasteiger partial charge in [-0.1, -0.05) is 25.5 Å². The van der Waals surface area contributed by atoms with Crippen molar-refractivity contribution in [2.24, 2.45) is 0 Å². The number of carbonyl (C=O) groups excluding carboxylic acids is 1. The number of hydrogen-bond donors (Lipinski definition) is 1. The number of benzene rings is 2. The Morgan fingerprint density at radius 3 is 2.43 bits per heavy atom.